The molecule has 0 aliphatic carbocycles. The number of amides is 2. The first-order valence-electron chi connectivity index (χ1n) is 13.5. The molecule has 2 amide bonds. The SMILES string of the molecule is CCNC(=O)C(Cc1ccccc1)N(Cc1cccc(OC)c1)C(=O)CCCN(c1ccc(OC)cc1)S(C)(=O)=O. The Hall–Kier alpha value is -4.05. The summed E-state index contributed by atoms with van der Waals surface area (Å²) in [5.41, 5.74) is 2.23. The van der Waals surface area contributed by atoms with Crippen molar-refractivity contribution in [2.75, 3.05) is 37.9 Å². The fourth-order valence-corrected chi connectivity index (χ4v) is 5.53. The van der Waals surface area contributed by atoms with Crippen LogP contribution < -0.4 is 19.1 Å². The second-order valence-electron chi connectivity index (χ2n) is 9.61. The number of anilines is 1. The van der Waals surface area contributed by atoms with Gasteiger partial charge in [-0.3, -0.25) is 13.9 Å². The molecule has 0 heterocycles. The molecule has 0 saturated carbocycles. The third-order valence-electron chi connectivity index (χ3n) is 6.62. The molecule has 0 fully saturated rings. The molecule has 1 atom stereocenters. The van der Waals surface area contributed by atoms with Gasteiger partial charge in [-0.05, 0) is 60.9 Å². The van der Waals surface area contributed by atoms with Crippen LogP contribution in [0.5, 0.6) is 11.5 Å². The second-order valence-corrected chi connectivity index (χ2v) is 11.5. The summed E-state index contributed by atoms with van der Waals surface area (Å²) < 4.78 is 37.0. The van der Waals surface area contributed by atoms with Crippen molar-refractivity contribution in [1.82, 2.24) is 10.2 Å². The van der Waals surface area contributed by atoms with Gasteiger partial charge >= 0.3 is 0 Å². The number of sulfonamides is 1. The third kappa shape index (κ3) is 9.24. The number of hydrogen-bond acceptors (Lipinski definition) is 6. The van der Waals surface area contributed by atoms with E-state index in [0.717, 1.165) is 17.4 Å². The van der Waals surface area contributed by atoms with E-state index in [4.69, 9.17) is 9.47 Å². The van der Waals surface area contributed by atoms with Crippen LogP contribution >= 0.6 is 0 Å². The second kappa shape index (κ2) is 15.1. The lowest BCUT2D eigenvalue weighted by atomic mass is 10.0. The number of benzene rings is 3. The van der Waals surface area contributed by atoms with Crippen LogP contribution in [0.4, 0.5) is 5.69 Å². The highest BCUT2D eigenvalue weighted by molar-refractivity contribution is 7.92. The van der Waals surface area contributed by atoms with Crippen molar-refractivity contribution in [1.29, 1.82) is 0 Å². The molecule has 1 unspecified atom stereocenters. The molecule has 0 aliphatic heterocycles. The van der Waals surface area contributed by atoms with Gasteiger partial charge in [0.05, 0.1) is 26.2 Å². The number of ether oxygens (including phenoxy) is 2. The Morgan fingerprint density at radius 2 is 1.54 bits per heavy atom. The zero-order valence-electron chi connectivity index (χ0n) is 24.1. The maximum atomic E-state index is 13.8. The lowest BCUT2D eigenvalue weighted by molar-refractivity contribution is -0.141. The Balaban J connectivity index is 1.86. The summed E-state index contributed by atoms with van der Waals surface area (Å²) >= 11 is 0. The van der Waals surface area contributed by atoms with Crippen LogP contribution in [0.1, 0.15) is 30.9 Å². The zero-order valence-corrected chi connectivity index (χ0v) is 24.9. The van der Waals surface area contributed by atoms with E-state index in [9.17, 15) is 18.0 Å². The minimum atomic E-state index is -3.60. The Labute approximate surface area is 243 Å². The minimum absolute atomic E-state index is 0.0524. The molecule has 9 nitrogen and oxygen atoms in total. The van der Waals surface area contributed by atoms with Crippen molar-refractivity contribution < 1.29 is 27.5 Å². The minimum Gasteiger partial charge on any atom is -0.497 e. The van der Waals surface area contributed by atoms with Gasteiger partial charge in [0, 0.05) is 32.5 Å². The monoisotopic (exact) mass is 581 g/mol. The average Bonchev–Trinajstić information content (AvgIpc) is 2.97. The lowest BCUT2D eigenvalue weighted by Gasteiger charge is -2.32. The van der Waals surface area contributed by atoms with Crippen molar-refractivity contribution in [3.8, 4) is 11.5 Å². The van der Waals surface area contributed by atoms with Crippen LogP contribution in [0.25, 0.3) is 0 Å². The number of likely N-dealkylation sites (N-methyl/N-ethyl adjacent to an activating group) is 1. The molecule has 0 spiro atoms. The smallest absolute Gasteiger partial charge is 0.243 e. The summed E-state index contributed by atoms with van der Waals surface area (Å²) in [6.07, 6.45) is 1.79. The van der Waals surface area contributed by atoms with Crippen LogP contribution in [0.15, 0.2) is 78.9 Å². The predicted octanol–water partition coefficient (Wildman–Crippen LogP) is 4.03. The van der Waals surface area contributed by atoms with Gasteiger partial charge in [0.2, 0.25) is 21.8 Å². The van der Waals surface area contributed by atoms with E-state index in [-0.39, 0.29) is 37.7 Å². The summed E-state index contributed by atoms with van der Waals surface area (Å²) in [4.78, 5) is 28.7. The Morgan fingerprint density at radius 3 is 2.15 bits per heavy atom. The Morgan fingerprint density at radius 1 is 0.878 bits per heavy atom. The summed E-state index contributed by atoms with van der Waals surface area (Å²) in [5.74, 6) is 0.767. The van der Waals surface area contributed by atoms with Gasteiger partial charge in [-0.15, -0.1) is 0 Å². The van der Waals surface area contributed by atoms with Gasteiger partial charge in [0.1, 0.15) is 17.5 Å². The molecule has 3 aromatic rings. The molecule has 3 aromatic carbocycles. The first-order valence-corrected chi connectivity index (χ1v) is 15.4. The number of hydrogen-bond donors (Lipinski definition) is 1. The van der Waals surface area contributed by atoms with E-state index in [1.807, 2.05) is 61.5 Å². The Kier molecular flexibility index (Phi) is 11.6. The van der Waals surface area contributed by atoms with E-state index >= 15 is 0 Å². The van der Waals surface area contributed by atoms with Gasteiger partial charge in [0.15, 0.2) is 0 Å². The van der Waals surface area contributed by atoms with E-state index in [1.54, 1.807) is 36.3 Å². The van der Waals surface area contributed by atoms with Gasteiger partial charge in [-0.2, -0.15) is 0 Å². The average molecular weight is 582 g/mol. The topological polar surface area (TPSA) is 105 Å². The molecule has 0 saturated heterocycles. The number of carbonyl (C=O) groups excluding carboxylic acids is 2. The summed E-state index contributed by atoms with van der Waals surface area (Å²) in [6, 6.07) is 22.9. The van der Waals surface area contributed by atoms with Crippen molar-refractivity contribution in [2.24, 2.45) is 0 Å². The first-order chi connectivity index (χ1) is 19.7. The fraction of sp³-hybridized carbons (Fsp3) is 0.355. The predicted molar refractivity (Wildman–Crippen MR) is 161 cm³/mol. The highest BCUT2D eigenvalue weighted by atomic mass is 32.2. The number of nitrogens with zero attached hydrogens (tertiary/aromatic N) is 2. The Bertz CT molecular complexity index is 1380. The van der Waals surface area contributed by atoms with Gasteiger partial charge < -0.3 is 19.7 Å². The molecule has 10 heteroatoms. The molecule has 0 bridgehead atoms. The van der Waals surface area contributed by atoms with Gasteiger partial charge in [-0.1, -0.05) is 42.5 Å². The fourth-order valence-electron chi connectivity index (χ4n) is 4.57. The van der Waals surface area contributed by atoms with E-state index in [0.29, 0.717) is 30.2 Å². The van der Waals surface area contributed by atoms with Crippen LogP contribution in [0.2, 0.25) is 0 Å². The maximum absolute atomic E-state index is 13.8. The first kappa shape index (κ1) is 31.5. The van der Waals surface area contributed by atoms with Crippen LogP contribution in [0.3, 0.4) is 0 Å². The van der Waals surface area contributed by atoms with Crippen LogP contribution in [-0.4, -0.2) is 64.7 Å². The van der Waals surface area contributed by atoms with Crippen molar-refractivity contribution in [3.05, 3.63) is 90.0 Å². The highest BCUT2D eigenvalue weighted by Crippen LogP contribution is 2.23. The normalized spacial score (nSPS) is 11.8. The van der Waals surface area contributed by atoms with Crippen LogP contribution in [0, 0.1) is 0 Å². The molecule has 0 radical (unpaired) electrons. The molecular formula is C31H39N3O6S. The van der Waals surface area contributed by atoms with Gasteiger partial charge in [-0.25, -0.2) is 8.42 Å². The third-order valence-corrected chi connectivity index (χ3v) is 7.82. The molecular weight excluding hydrogens is 542 g/mol. The summed E-state index contributed by atoms with van der Waals surface area (Å²) in [6.45, 7) is 2.56. The van der Waals surface area contributed by atoms with Crippen molar-refractivity contribution in [3.63, 3.8) is 0 Å². The molecule has 220 valence electrons. The van der Waals surface area contributed by atoms with E-state index in [1.165, 1.54) is 11.4 Å². The molecule has 0 aromatic heterocycles. The van der Waals surface area contributed by atoms with Crippen molar-refractivity contribution in [2.45, 2.75) is 38.8 Å². The number of nitrogens with one attached hydrogen (secondary N) is 1. The number of rotatable bonds is 15. The van der Waals surface area contributed by atoms with Crippen LogP contribution in [-0.2, 0) is 32.6 Å². The number of methoxy groups -OCH3 is 2. The standard InChI is InChI=1S/C31H39N3O6S/c1-5-32-31(36)29(22-24-11-7-6-8-12-24)33(23-25-13-9-14-28(21-25)40-3)30(35)15-10-20-34(41(4,37)38)26-16-18-27(39-2)19-17-26/h6-9,11-14,16-19,21,29H,5,10,15,20,22-23H2,1-4H3,(H,32,36). The molecule has 41 heavy (non-hydrogen) atoms. The van der Waals surface area contributed by atoms with Crippen molar-refractivity contribution >= 4 is 27.5 Å². The molecule has 0 aliphatic rings. The van der Waals surface area contributed by atoms with Gasteiger partial charge in [0.25, 0.3) is 0 Å². The number of carbonyl (C=O) groups is 2. The molecule has 1 N–H and O–H groups in total. The lowest BCUT2D eigenvalue weighted by Crippen LogP contribution is -2.50. The van der Waals surface area contributed by atoms with E-state index < -0.39 is 16.1 Å². The summed E-state index contributed by atoms with van der Waals surface area (Å²) in [7, 11) is -0.486. The highest BCUT2D eigenvalue weighted by Gasteiger charge is 2.30. The quantitative estimate of drug-likeness (QED) is 0.291. The van der Waals surface area contributed by atoms with E-state index in [2.05, 4.69) is 5.32 Å². The largest absolute Gasteiger partial charge is 0.497 e. The maximum Gasteiger partial charge on any atom is 0.243 e. The molecule has 3 rings (SSSR count). The summed E-state index contributed by atoms with van der Waals surface area (Å²) in [5, 5.41) is 2.88. The zero-order chi connectivity index (χ0) is 29.8.